The van der Waals surface area contributed by atoms with Crippen molar-refractivity contribution in [3.63, 3.8) is 0 Å². The molecule has 140 valence electrons. The van der Waals surface area contributed by atoms with Crippen LogP contribution in [0.4, 0.5) is 0 Å². The van der Waals surface area contributed by atoms with Crippen molar-refractivity contribution >= 4 is 18.3 Å². The number of aromatic nitrogens is 2. The Morgan fingerprint density at radius 3 is 2.62 bits per heavy atom. The van der Waals surface area contributed by atoms with E-state index in [0.717, 1.165) is 43.4 Å². The Morgan fingerprint density at radius 2 is 2.00 bits per heavy atom. The summed E-state index contributed by atoms with van der Waals surface area (Å²) in [6, 6.07) is 8.29. The van der Waals surface area contributed by atoms with Crippen molar-refractivity contribution in [3.05, 3.63) is 46.8 Å². The molecule has 2 aliphatic carbocycles. The van der Waals surface area contributed by atoms with Crippen LogP contribution in [0.3, 0.4) is 0 Å². The molecule has 3 N–H and O–H groups in total. The van der Waals surface area contributed by atoms with Crippen LogP contribution in [0, 0.1) is 12.8 Å². The molecule has 0 spiro atoms. The second kappa shape index (κ2) is 7.05. The molecule has 1 aromatic carbocycles. The van der Waals surface area contributed by atoms with Gasteiger partial charge in [-0.15, -0.1) is 12.4 Å². The van der Waals surface area contributed by atoms with Crippen LogP contribution < -0.4 is 11.1 Å². The van der Waals surface area contributed by atoms with E-state index in [4.69, 9.17) is 10.8 Å². The van der Waals surface area contributed by atoms with Crippen molar-refractivity contribution in [1.82, 2.24) is 15.1 Å². The molecule has 5 nitrogen and oxygen atoms in total. The van der Waals surface area contributed by atoms with Crippen molar-refractivity contribution < 1.29 is 4.79 Å². The highest BCUT2D eigenvalue weighted by atomic mass is 35.5. The predicted molar refractivity (Wildman–Crippen MR) is 105 cm³/mol. The van der Waals surface area contributed by atoms with E-state index >= 15 is 0 Å². The topological polar surface area (TPSA) is 72.9 Å². The number of nitrogens with two attached hydrogens (primary N) is 1. The molecular formula is C20H27ClN4O. The first-order chi connectivity index (χ1) is 12.0. The summed E-state index contributed by atoms with van der Waals surface area (Å²) in [6.45, 7) is 4.59. The fourth-order valence-electron chi connectivity index (χ4n) is 3.88. The van der Waals surface area contributed by atoms with Gasteiger partial charge in [0.25, 0.3) is 5.91 Å². The molecule has 1 saturated carbocycles. The maximum Gasteiger partial charge on any atom is 0.272 e. The van der Waals surface area contributed by atoms with E-state index in [-0.39, 0.29) is 23.9 Å². The van der Waals surface area contributed by atoms with Crippen LogP contribution in [0.25, 0.3) is 5.69 Å². The second-order valence-electron chi connectivity index (χ2n) is 7.72. The normalized spacial score (nSPS) is 18.0. The van der Waals surface area contributed by atoms with Crippen LogP contribution in [0.2, 0.25) is 0 Å². The fourth-order valence-corrected chi connectivity index (χ4v) is 3.88. The highest BCUT2D eigenvalue weighted by molar-refractivity contribution is 5.95. The largest absolute Gasteiger partial charge is 0.344 e. The molecule has 0 radical (unpaired) electrons. The van der Waals surface area contributed by atoms with E-state index in [9.17, 15) is 4.79 Å². The quantitative estimate of drug-likeness (QED) is 0.845. The van der Waals surface area contributed by atoms with Crippen molar-refractivity contribution in [2.45, 2.75) is 51.5 Å². The summed E-state index contributed by atoms with van der Waals surface area (Å²) >= 11 is 0. The smallest absolute Gasteiger partial charge is 0.272 e. The Hall–Kier alpha value is -1.85. The van der Waals surface area contributed by atoms with Gasteiger partial charge >= 0.3 is 0 Å². The number of nitrogens with one attached hydrogen (secondary N) is 1. The molecule has 4 rings (SSSR count). The van der Waals surface area contributed by atoms with Gasteiger partial charge in [-0.05, 0) is 64.0 Å². The zero-order valence-corrected chi connectivity index (χ0v) is 16.2. The average molecular weight is 375 g/mol. The fraction of sp³-hybridized carbons (Fsp3) is 0.500. The van der Waals surface area contributed by atoms with Crippen molar-refractivity contribution in [1.29, 1.82) is 0 Å². The van der Waals surface area contributed by atoms with Crippen LogP contribution in [0.1, 0.15) is 53.5 Å². The first kappa shape index (κ1) is 18.9. The molecule has 0 aliphatic heterocycles. The van der Waals surface area contributed by atoms with E-state index in [2.05, 4.69) is 43.4 Å². The monoisotopic (exact) mass is 374 g/mol. The van der Waals surface area contributed by atoms with Gasteiger partial charge in [-0.1, -0.05) is 17.7 Å². The third kappa shape index (κ3) is 3.26. The van der Waals surface area contributed by atoms with E-state index in [1.807, 2.05) is 4.68 Å². The molecule has 2 aliphatic rings. The summed E-state index contributed by atoms with van der Waals surface area (Å²) in [5.41, 5.74) is 10.7. The van der Waals surface area contributed by atoms with Crippen LogP contribution in [0.15, 0.2) is 24.3 Å². The number of hydrogen-bond acceptors (Lipinski definition) is 3. The summed E-state index contributed by atoms with van der Waals surface area (Å²) in [4.78, 5) is 13.0. The zero-order valence-electron chi connectivity index (χ0n) is 15.4. The molecule has 1 heterocycles. The van der Waals surface area contributed by atoms with Crippen LogP contribution in [-0.2, 0) is 12.8 Å². The lowest BCUT2D eigenvalue weighted by atomic mass is 9.95. The minimum absolute atomic E-state index is 0. The molecule has 1 aromatic heterocycles. The Bertz CT molecular complexity index is 810. The van der Waals surface area contributed by atoms with Crippen molar-refractivity contribution in [2.75, 3.05) is 6.54 Å². The van der Waals surface area contributed by atoms with Crippen molar-refractivity contribution in [3.8, 4) is 5.69 Å². The molecule has 1 atom stereocenters. The van der Waals surface area contributed by atoms with Gasteiger partial charge in [-0.2, -0.15) is 5.10 Å². The van der Waals surface area contributed by atoms with Gasteiger partial charge in [0.15, 0.2) is 5.69 Å². The van der Waals surface area contributed by atoms with Gasteiger partial charge in [0.05, 0.1) is 11.2 Å². The van der Waals surface area contributed by atoms with Crippen LogP contribution in [-0.4, -0.2) is 27.8 Å². The molecule has 1 unspecified atom stereocenters. The summed E-state index contributed by atoms with van der Waals surface area (Å²) in [7, 11) is 0. The molecule has 2 aromatic rings. The maximum atomic E-state index is 13.0. The lowest BCUT2D eigenvalue weighted by molar-refractivity contribution is 0.0891. The first-order valence-corrected chi connectivity index (χ1v) is 9.22. The molecule has 26 heavy (non-hydrogen) atoms. The molecule has 1 fully saturated rings. The summed E-state index contributed by atoms with van der Waals surface area (Å²) < 4.78 is 1.95. The number of rotatable bonds is 5. The molecular weight excluding hydrogens is 348 g/mol. The van der Waals surface area contributed by atoms with Crippen LogP contribution in [0.5, 0.6) is 0 Å². The Morgan fingerprint density at radius 1 is 1.31 bits per heavy atom. The number of halogens is 1. The van der Waals surface area contributed by atoms with E-state index in [0.29, 0.717) is 18.2 Å². The minimum atomic E-state index is -0.323. The lowest BCUT2D eigenvalue weighted by Crippen LogP contribution is -2.53. The molecule has 0 saturated heterocycles. The summed E-state index contributed by atoms with van der Waals surface area (Å²) in [6.07, 6.45) is 5.26. The number of carbonyl (C=O) groups excluding carboxylic acids is 1. The molecule has 6 heteroatoms. The Balaban J connectivity index is 0.00000196. The lowest BCUT2D eigenvalue weighted by Gasteiger charge is -2.29. The standard InChI is InChI=1S/C20H26N4O.ClH/c1-13-6-10-15(11-7-13)24-17-5-3-4-16(17)18(23-24)19(25)22-20(2,12-21)14-8-9-14;/h6-7,10-11,14H,3-5,8-9,12,21H2,1-2H3,(H,22,25);1H. The third-order valence-corrected chi connectivity index (χ3v) is 5.73. The molecule has 1 amide bonds. The SMILES string of the molecule is Cc1ccc(-n2nc(C(=O)NC(C)(CN)C3CC3)c3c2CCC3)cc1.Cl. The number of amides is 1. The second-order valence-corrected chi connectivity index (χ2v) is 7.72. The number of benzene rings is 1. The average Bonchev–Trinajstić information content (AvgIpc) is 3.25. The summed E-state index contributed by atoms with van der Waals surface area (Å²) in [5.74, 6) is 0.414. The van der Waals surface area contributed by atoms with Gasteiger partial charge in [0, 0.05) is 17.8 Å². The van der Waals surface area contributed by atoms with E-state index < -0.39 is 0 Å². The molecule has 0 bridgehead atoms. The maximum absolute atomic E-state index is 13.0. The highest BCUT2D eigenvalue weighted by Crippen LogP contribution is 2.39. The number of carbonyl (C=O) groups is 1. The minimum Gasteiger partial charge on any atom is -0.344 e. The highest BCUT2D eigenvalue weighted by Gasteiger charge is 2.42. The van der Waals surface area contributed by atoms with Crippen molar-refractivity contribution in [2.24, 2.45) is 11.7 Å². The van der Waals surface area contributed by atoms with Gasteiger partial charge in [0.1, 0.15) is 0 Å². The van der Waals surface area contributed by atoms with E-state index in [1.165, 1.54) is 11.3 Å². The number of hydrogen-bond donors (Lipinski definition) is 2. The van der Waals surface area contributed by atoms with Gasteiger partial charge in [-0.25, -0.2) is 4.68 Å². The van der Waals surface area contributed by atoms with Gasteiger partial charge in [-0.3, -0.25) is 4.79 Å². The zero-order chi connectivity index (χ0) is 17.6. The Labute approximate surface area is 160 Å². The predicted octanol–water partition coefficient (Wildman–Crippen LogP) is 2.95. The Kier molecular flexibility index (Phi) is 5.13. The number of aryl methyl sites for hydroxylation is 1. The van der Waals surface area contributed by atoms with Gasteiger partial charge < -0.3 is 11.1 Å². The first-order valence-electron chi connectivity index (χ1n) is 9.22. The van der Waals surface area contributed by atoms with Gasteiger partial charge in [0.2, 0.25) is 0 Å². The number of nitrogens with zero attached hydrogens (tertiary/aromatic N) is 2. The van der Waals surface area contributed by atoms with E-state index in [1.54, 1.807) is 0 Å². The summed E-state index contributed by atoms with van der Waals surface area (Å²) in [5, 5.41) is 7.88. The number of fused-ring (bicyclic) bond motifs is 1. The van der Waals surface area contributed by atoms with Crippen LogP contribution >= 0.6 is 12.4 Å². The third-order valence-electron chi connectivity index (χ3n) is 5.73.